The van der Waals surface area contributed by atoms with Crippen molar-refractivity contribution in [3.63, 3.8) is 0 Å². The summed E-state index contributed by atoms with van der Waals surface area (Å²) < 4.78 is 0. The van der Waals surface area contributed by atoms with E-state index >= 15 is 0 Å². The van der Waals surface area contributed by atoms with Gasteiger partial charge in [-0.3, -0.25) is 14.4 Å². The maximum Gasteiger partial charge on any atom is 0.251 e. The molecule has 1 fully saturated rings. The Morgan fingerprint density at radius 2 is 1.57 bits per heavy atom. The van der Waals surface area contributed by atoms with Crippen molar-refractivity contribution in [1.82, 2.24) is 10.6 Å². The van der Waals surface area contributed by atoms with Crippen LogP contribution in [-0.2, 0) is 4.79 Å². The first-order valence-corrected chi connectivity index (χ1v) is 9.51. The Morgan fingerprint density at radius 3 is 2.21 bits per heavy atom. The third kappa shape index (κ3) is 5.19. The Kier molecular flexibility index (Phi) is 6.09. The van der Waals surface area contributed by atoms with Crippen molar-refractivity contribution >= 4 is 23.4 Å². The highest BCUT2D eigenvalue weighted by Gasteiger charge is 2.26. The number of carbonyl (C=O) groups is 3. The van der Waals surface area contributed by atoms with Crippen LogP contribution < -0.4 is 16.0 Å². The second-order valence-electron chi connectivity index (χ2n) is 7.38. The zero-order valence-electron chi connectivity index (χ0n) is 16.1. The van der Waals surface area contributed by atoms with Crippen LogP contribution in [0.25, 0.3) is 0 Å². The number of rotatable bonds is 7. The molecule has 1 saturated carbocycles. The van der Waals surface area contributed by atoms with Gasteiger partial charge in [0.05, 0.1) is 0 Å². The van der Waals surface area contributed by atoms with E-state index in [-0.39, 0.29) is 29.7 Å². The van der Waals surface area contributed by atoms with E-state index in [9.17, 15) is 14.4 Å². The summed E-state index contributed by atoms with van der Waals surface area (Å²) in [7, 11) is 0. The highest BCUT2D eigenvalue weighted by atomic mass is 16.2. The number of nitrogens with one attached hydrogen (secondary N) is 3. The van der Waals surface area contributed by atoms with E-state index in [2.05, 4.69) is 16.0 Å². The van der Waals surface area contributed by atoms with Gasteiger partial charge in [0.1, 0.15) is 6.04 Å². The lowest BCUT2D eigenvalue weighted by molar-refractivity contribution is -0.118. The van der Waals surface area contributed by atoms with Gasteiger partial charge in [0.2, 0.25) is 5.91 Å². The number of amides is 3. The molecule has 6 heteroatoms. The molecule has 28 heavy (non-hydrogen) atoms. The van der Waals surface area contributed by atoms with Crippen LogP contribution in [0.1, 0.15) is 47.4 Å². The van der Waals surface area contributed by atoms with Crippen LogP contribution in [0.15, 0.2) is 54.6 Å². The molecule has 0 radical (unpaired) electrons. The van der Waals surface area contributed by atoms with Crippen LogP contribution in [0.3, 0.4) is 0 Å². The molecule has 1 aliphatic rings. The molecule has 0 heterocycles. The van der Waals surface area contributed by atoms with Gasteiger partial charge in [-0.15, -0.1) is 0 Å². The van der Waals surface area contributed by atoms with Gasteiger partial charge in [0, 0.05) is 22.9 Å². The minimum absolute atomic E-state index is 0.103. The summed E-state index contributed by atoms with van der Waals surface area (Å²) in [4.78, 5) is 37.4. The number of hydrogen-bond acceptors (Lipinski definition) is 3. The maximum atomic E-state index is 12.8. The normalized spacial score (nSPS) is 14.2. The van der Waals surface area contributed by atoms with E-state index in [0.29, 0.717) is 16.8 Å². The lowest BCUT2D eigenvalue weighted by Gasteiger charge is -2.22. The number of hydrogen-bond donors (Lipinski definition) is 3. The van der Waals surface area contributed by atoms with Crippen LogP contribution in [0, 0.1) is 5.92 Å². The van der Waals surface area contributed by atoms with Gasteiger partial charge in [-0.2, -0.15) is 0 Å². The first-order chi connectivity index (χ1) is 13.4. The summed E-state index contributed by atoms with van der Waals surface area (Å²) in [6.07, 6.45) is 2.03. The van der Waals surface area contributed by atoms with Gasteiger partial charge >= 0.3 is 0 Å². The second kappa shape index (κ2) is 8.69. The molecule has 6 nitrogen and oxygen atoms in total. The van der Waals surface area contributed by atoms with Crippen molar-refractivity contribution < 1.29 is 14.4 Å². The van der Waals surface area contributed by atoms with Gasteiger partial charge in [0.25, 0.3) is 11.8 Å². The predicted molar refractivity (Wildman–Crippen MR) is 108 cm³/mol. The molecule has 0 spiro atoms. The minimum Gasteiger partial charge on any atom is -0.349 e. The van der Waals surface area contributed by atoms with Crippen molar-refractivity contribution in [2.45, 2.75) is 38.8 Å². The first-order valence-electron chi connectivity index (χ1n) is 9.51. The summed E-state index contributed by atoms with van der Waals surface area (Å²) in [6.45, 7) is 3.74. The average Bonchev–Trinajstić information content (AvgIpc) is 3.50. The Morgan fingerprint density at radius 1 is 0.893 bits per heavy atom. The molecule has 3 amide bonds. The van der Waals surface area contributed by atoms with E-state index in [1.54, 1.807) is 48.5 Å². The maximum absolute atomic E-state index is 12.8. The van der Waals surface area contributed by atoms with Crippen molar-refractivity contribution in [3.8, 4) is 0 Å². The topological polar surface area (TPSA) is 87.3 Å². The smallest absolute Gasteiger partial charge is 0.251 e. The lowest BCUT2D eigenvalue weighted by atomic mass is 10.0. The highest BCUT2D eigenvalue weighted by molar-refractivity contribution is 6.02. The van der Waals surface area contributed by atoms with Gasteiger partial charge in [-0.25, -0.2) is 0 Å². The number of carbonyl (C=O) groups excluding carboxylic acids is 3. The standard InChI is InChI=1S/C22H25N3O3/c1-14(2)19(25-20(26)15-7-4-3-5-8-15)22(28)24-18-10-6-9-16(13-18)21(27)23-17-11-12-17/h3-10,13-14,17,19H,11-12H2,1-2H3,(H,23,27)(H,24,28)(H,25,26)/t19-/m0/s1. The fourth-order valence-corrected chi connectivity index (χ4v) is 2.80. The highest BCUT2D eigenvalue weighted by Crippen LogP contribution is 2.20. The van der Waals surface area contributed by atoms with Crippen LogP contribution in [0.2, 0.25) is 0 Å². The van der Waals surface area contributed by atoms with Crippen molar-refractivity contribution in [2.24, 2.45) is 5.92 Å². The van der Waals surface area contributed by atoms with Crippen molar-refractivity contribution in [2.75, 3.05) is 5.32 Å². The zero-order chi connectivity index (χ0) is 20.1. The molecule has 0 bridgehead atoms. The molecule has 2 aromatic carbocycles. The van der Waals surface area contributed by atoms with E-state index in [4.69, 9.17) is 0 Å². The molecule has 3 N–H and O–H groups in total. The summed E-state index contributed by atoms with van der Waals surface area (Å²) in [5.74, 6) is -0.864. The molecular weight excluding hydrogens is 354 g/mol. The number of benzene rings is 2. The molecule has 2 aromatic rings. The Labute approximate surface area is 164 Å². The van der Waals surface area contributed by atoms with E-state index in [1.165, 1.54) is 0 Å². The van der Waals surface area contributed by atoms with E-state index < -0.39 is 6.04 Å². The fourth-order valence-electron chi connectivity index (χ4n) is 2.80. The van der Waals surface area contributed by atoms with Crippen LogP contribution in [0.4, 0.5) is 5.69 Å². The summed E-state index contributed by atoms with van der Waals surface area (Å²) in [5, 5.41) is 8.53. The molecule has 0 aromatic heterocycles. The summed E-state index contributed by atoms with van der Waals surface area (Å²) in [5.41, 5.74) is 1.52. The first kappa shape index (κ1) is 19.6. The summed E-state index contributed by atoms with van der Waals surface area (Å²) in [6, 6.07) is 15.2. The summed E-state index contributed by atoms with van der Waals surface area (Å²) >= 11 is 0. The molecule has 0 aliphatic heterocycles. The van der Waals surface area contributed by atoms with Crippen LogP contribution >= 0.6 is 0 Å². The molecule has 0 unspecified atom stereocenters. The third-order valence-corrected chi connectivity index (χ3v) is 4.58. The van der Waals surface area contributed by atoms with Crippen LogP contribution in [-0.4, -0.2) is 29.8 Å². The predicted octanol–water partition coefficient (Wildman–Crippen LogP) is 2.97. The quantitative estimate of drug-likeness (QED) is 0.691. The largest absolute Gasteiger partial charge is 0.349 e. The molecule has 3 rings (SSSR count). The van der Waals surface area contributed by atoms with Gasteiger partial charge in [0.15, 0.2) is 0 Å². The molecule has 146 valence electrons. The van der Waals surface area contributed by atoms with Crippen LogP contribution in [0.5, 0.6) is 0 Å². The lowest BCUT2D eigenvalue weighted by Crippen LogP contribution is -2.47. The van der Waals surface area contributed by atoms with Crippen molar-refractivity contribution in [1.29, 1.82) is 0 Å². The number of anilines is 1. The molecule has 1 atom stereocenters. The minimum atomic E-state index is -0.698. The fraction of sp³-hybridized carbons (Fsp3) is 0.318. The zero-order valence-corrected chi connectivity index (χ0v) is 16.1. The van der Waals surface area contributed by atoms with E-state index in [1.807, 2.05) is 19.9 Å². The SMILES string of the molecule is CC(C)[C@H](NC(=O)c1ccccc1)C(=O)Nc1cccc(C(=O)NC2CC2)c1. The molecule has 1 aliphatic carbocycles. The molecule has 0 saturated heterocycles. The van der Waals surface area contributed by atoms with Crippen molar-refractivity contribution in [3.05, 3.63) is 65.7 Å². The van der Waals surface area contributed by atoms with Gasteiger partial charge in [-0.1, -0.05) is 38.1 Å². The van der Waals surface area contributed by atoms with E-state index in [0.717, 1.165) is 12.8 Å². The second-order valence-corrected chi connectivity index (χ2v) is 7.38. The Hall–Kier alpha value is -3.15. The Balaban J connectivity index is 1.67. The van der Waals surface area contributed by atoms with Gasteiger partial charge < -0.3 is 16.0 Å². The van der Waals surface area contributed by atoms with Gasteiger partial charge in [-0.05, 0) is 49.1 Å². The monoisotopic (exact) mass is 379 g/mol. The Bertz CT molecular complexity index is 860. The third-order valence-electron chi connectivity index (χ3n) is 4.58. The average molecular weight is 379 g/mol. The molecular formula is C22H25N3O3.